The molecule has 2 aromatic rings. The first-order valence-electron chi connectivity index (χ1n) is 5.83. The fourth-order valence-corrected chi connectivity index (χ4v) is 2.29. The van der Waals surface area contributed by atoms with Crippen LogP contribution in [0.5, 0.6) is 0 Å². The van der Waals surface area contributed by atoms with Gasteiger partial charge in [-0.2, -0.15) is 0 Å². The summed E-state index contributed by atoms with van der Waals surface area (Å²) in [5.74, 6) is 0. The highest BCUT2D eigenvalue weighted by Gasteiger charge is 2.15. The predicted octanol–water partition coefficient (Wildman–Crippen LogP) is 3.61. The van der Waals surface area contributed by atoms with Gasteiger partial charge in [0.25, 0.3) is 0 Å². The van der Waals surface area contributed by atoms with Crippen LogP contribution in [0, 0.1) is 0 Å². The molecule has 94 valence electrons. The third kappa shape index (κ3) is 3.42. The van der Waals surface area contributed by atoms with E-state index in [2.05, 4.69) is 15.9 Å². The van der Waals surface area contributed by atoms with Crippen LogP contribution in [0.2, 0.25) is 0 Å². The average Bonchev–Trinajstić information content (AvgIpc) is 2.39. The first-order chi connectivity index (χ1) is 8.66. The lowest BCUT2D eigenvalue weighted by Gasteiger charge is -2.16. The fraction of sp³-hybridized carbons (Fsp3) is 0.200. The quantitative estimate of drug-likeness (QED) is 0.906. The molecule has 2 rings (SSSR count). The summed E-state index contributed by atoms with van der Waals surface area (Å²) < 4.78 is 0.924. The average molecular weight is 307 g/mol. The normalized spacial score (nSPS) is 14.2. The standard InChI is InChI=1S/C15H15BrO2/c16-13-8-4-7-12(9-13)15(18)10-14(17)11-5-2-1-3-6-11/h1-9,14-15,17-18H,10H2/t14-,15-/m0/s1. The number of rotatable bonds is 4. The van der Waals surface area contributed by atoms with E-state index in [1.165, 1.54) is 0 Å². The number of hydrogen-bond acceptors (Lipinski definition) is 2. The Balaban J connectivity index is 2.05. The summed E-state index contributed by atoms with van der Waals surface area (Å²) in [6.07, 6.45) is -1.03. The maximum Gasteiger partial charge on any atom is 0.0818 e. The summed E-state index contributed by atoms with van der Waals surface area (Å²) in [6, 6.07) is 16.9. The van der Waals surface area contributed by atoms with Crippen LogP contribution in [0.1, 0.15) is 29.8 Å². The van der Waals surface area contributed by atoms with E-state index in [9.17, 15) is 10.2 Å². The van der Waals surface area contributed by atoms with Gasteiger partial charge < -0.3 is 10.2 Å². The molecule has 0 unspecified atom stereocenters. The van der Waals surface area contributed by atoms with Gasteiger partial charge in [-0.1, -0.05) is 58.4 Å². The molecule has 0 spiro atoms. The Morgan fingerprint density at radius 3 is 2.11 bits per heavy atom. The number of benzene rings is 2. The molecule has 0 aliphatic carbocycles. The molecule has 2 nitrogen and oxygen atoms in total. The zero-order chi connectivity index (χ0) is 13.0. The van der Waals surface area contributed by atoms with Crippen molar-refractivity contribution in [1.82, 2.24) is 0 Å². The lowest BCUT2D eigenvalue weighted by molar-refractivity contribution is 0.0804. The van der Waals surface area contributed by atoms with Crippen molar-refractivity contribution in [2.45, 2.75) is 18.6 Å². The minimum Gasteiger partial charge on any atom is -0.388 e. The minimum atomic E-state index is -0.669. The zero-order valence-corrected chi connectivity index (χ0v) is 11.4. The molecule has 0 aliphatic rings. The molecule has 0 aromatic heterocycles. The molecule has 2 aromatic carbocycles. The van der Waals surface area contributed by atoms with Gasteiger partial charge in [0.05, 0.1) is 12.2 Å². The highest BCUT2D eigenvalue weighted by Crippen LogP contribution is 2.27. The van der Waals surface area contributed by atoms with E-state index in [0.29, 0.717) is 6.42 Å². The SMILES string of the molecule is O[C@@H](C[C@H](O)c1cccc(Br)c1)c1ccccc1. The van der Waals surface area contributed by atoms with Crippen molar-refractivity contribution < 1.29 is 10.2 Å². The van der Waals surface area contributed by atoms with Crippen LogP contribution in [0.4, 0.5) is 0 Å². The van der Waals surface area contributed by atoms with Gasteiger partial charge in [-0.15, -0.1) is 0 Å². The van der Waals surface area contributed by atoms with Gasteiger partial charge >= 0.3 is 0 Å². The third-order valence-electron chi connectivity index (χ3n) is 2.86. The van der Waals surface area contributed by atoms with Gasteiger partial charge in [-0.25, -0.2) is 0 Å². The molecular formula is C15H15BrO2. The van der Waals surface area contributed by atoms with Crippen molar-refractivity contribution in [1.29, 1.82) is 0 Å². The predicted molar refractivity (Wildman–Crippen MR) is 75.1 cm³/mol. The van der Waals surface area contributed by atoms with Gasteiger partial charge in [0.2, 0.25) is 0 Å². The van der Waals surface area contributed by atoms with E-state index in [-0.39, 0.29) is 0 Å². The van der Waals surface area contributed by atoms with Crippen LogP contribution in [-0.4, -0.2) is 10.2 Å². The Labute approximate surface area is 115 Å². The van der Waals surface area contributed by atoms with E-state index >= 15 is 0 Å². The topological polar surface area (TPSA) is 40.5 Å². The van der Waals surface area contributed by atoms with Crippen molar-refractivity contribution in [3.05, 3.63) is 70.2 Å². The summed E-state index contributed by atoms with van der Waals surface area (Å²) in [4.78, 5) is 0. The Hall–Kier alpha value is -1.16. The van der Waals surface area contributed by atoms with Crippen LogP contribution in [0.3, 0.4) is 0 Å². The van der Waals surface area contributed by atoms with Crippen molar-refractivity contribution in [3.63, 3.8) is 0 Å². The largest absolute Gasteiger partial charge is 0.388 e. The Morgan fingerprint density at radius 2 is 1.44 bits per heavy atom. The molecular weight excluding hydrogens is 292 g/mol. The van der Waals surface area contributed by atoms with E-state index in [4.69, 9.17) is 0 Å². The molecule has 0 fully saturated rings. The molecule has 2 atom stereocenters. The fourth-order valence-electron chi connectivity index (χ4n) is 1.87. The molecule has 0 amide bonds. The van der Waals surface area contributed by atoms with Gasteiger partial charge in [0, 0.05) is 10.9 Å². The number of halogens is 1. The number of hydrogen-bond donors (Lipinski definition) is 2. The molecule has 0 aliphatic heterocycles. The first kappa shape index (κ1) is 13.3. The van der Waals surface area contributed by atoms with E-state index in [1.807, 2.05) is 54.6 Å². The smallest absolute Gasteiger partial charge is 0.0818 e. The van der Waals surface area contributed by atoms with Crippen LogP contribution in [-0.2, 0) is 0 Å². The minimum absolute atomic E-state index is 0.292. The van der Waals surface area contributed by atoms with Gasteiger partial charge in [-0.3, -0.25) is 0 Å². The molecule has 3 heteroatoms. The molecule has 0 saturated heterocycles. The lowest BCUT2D eigenvalue weighted by Crippen LogP contribution is -2.05. The Morgan fingerprint density at radius 1 is 0.833 bits per heavy atom. The molecule has 0 saturated carbocycles. The zero-order valence-electron chi connectivity index (χ0n) is 9.83. The lowest BCUT2D eigenvalue weighted by atomic mass is 9.99. The Kier molecular flexibility index (Phi) is 4.53. The third-order valence-corrected chi connectivity index (χ3v) is 3.36. The molecule has 0 heterocycles. The van der Waals surface area contributed by atoms with E-state index in [0.717, 1.165) is 15.6 Å². The van der Waals surface area contributed by atoms with Crippen molar-refractivity contribution in [3.8, 4) is 0 Å². The summed E-state index contributed by atoms with van der Waals surface area (Å²) in [6.45, 7) is 0. The Bertz CT molecular complexity index is 499. The van der Waals surface area contributed by atoms with Crippen LogP contribution < -0.4 is 0 Å². The summed E-state index contributed by atoms with van der Waals surface area (Å²) in [7, 11) is 0. The summed E-state index contributed by atoms with van der Waals surface area (Å²) >= 11 is 3.37. The summed E-state index contributed by atoms with van der Waals surface area (Å²) in [5, 5.41) is 20.1. The number of aliphatic hydroxyl groups excluding tert-OH is 2. The molecule has 0 bridgehead atoms. The van der Waals surface area contributed by atoms with Crippen molar-refractivity contribution >= 4 is 15.9 Å². The first-order valence-corrected chi connectivity index (χ1v) is 6.62. The van der Waals surface area contributed by atoms with Crippen LogP contribution >= 0.6 is 15.9 Å². The maximum absolute atomic E-state index is 10.1. The van der Waals surface area contributed by atoms with E-state index in [1.54, 1.807) is 0 Å². The van der Waals surface area contributed by atoms with Gasteiger partial charge in [-0.05, 0) is 23.3 Å². The molecule has 18 heavy (non-hydrogen) atoms. The second kappa shape index (κ2) is 6.14. The van der Waals surface area contributed by atoms with Gasteiger partial charge in [0.15, 0.2) is 0 Å². The second-order valence-corrected chi connectivity index (χ2v) is 5.15. The molecule has 2 N–H and O–H groups in total. The molecule has 0 radical (unpaired) electrons. The van der Waals surface area contributed by atoms with E-state index < -0.39 is 12.2 Å². The summed E-state index contributed by atoms with van der Waals surface area (Å²) in [5.41, 5.74) is 1.63. The van der Waals surface area contributed by atoms with Crippen molar-refractivity contribution in [2.24, 2.45) is 0 Å². The highest BCUT2D eigenvalue weighted by atomic mass is 79.9. The van der Waals surface area contributed by atoms with Crippen LogP contribution in [0.25, 0.3) is 0 Å². The number of aliphatic hydroxyl groups is 2. The highest BCUT2D eigenvalue weighted by molar-refractivity contribution is 9.10. The van der Waals surface area contributed by atoms with Gasteiger partial charge in [0.1, 0.15) is 0 Å². The monoisotopic (exact) mass is 306 g/mol. The van der Waals surface area contributed by atoms with Crippen LogP contribution in [0.15, 0.2) is 59.1 Å². The van der Waals surface area contributed by atoms with Crippen molar-refractivity contribution in [2.75, 3.05) is 0 Å². The maximum atomic E-state index is 10.1. The second-order valence-electron chi connectivity index (χ2n) is 4.23.